The first-order valence-corrected chi connectivity index (χ1v) is 14.0. The number of halogens is 4. The highest BCUT2D eigenvalue weighted by atomic mass is 35.5. The van der Waals surface area contributed by atoms with Crippen LogP contribution in [0.5, 0.6) is 0 Å². The van der Waals surface area contributed by atoms with E-state index >= 15 is 0 Å². The molecule has 16 nitrogen and oxygen atoms in total. The van der Waals surface area contributed by atoms with Crippen molar-refractivity contribution in [2.75, 3.05) is 62.7 Å². The van der Waals surface area contributed by atoms with Crippen LogP contribution in [0.1, 0.15) is 28.9 Å². The summed E-state index contributed by atoms with van der Waals surface area (Å²) in [7, 11) is 0. The number of nitrogens with two attached hydrogens (primary N) is 2. The van der Waals surface area contributed by atoms with E-state index in [1.54, 1.807) is 4.90 Å². The summed E-state index contributed by atoms with van der Waals surface area (Å²) in [4.78, 5) is 21.4. The number of unbranched alkanes of at least 4 members (excludes halogenated alkanes) is 1. The summed E-state index contributed by atoms with van der Waals surface area (Å²) in [6.45, 7) is -0.142. The number of aliphatic hydroxyl groups is 6. The van der Waals surface area contributed by atoms with E-state index in [2.05, 4.69) is 25.9 Å². The van der Waals surface area contributed by atoms with Crippen LogP contribution in [0.4, 0.5) is 17.3 Å². The molecule has 0 saturated heterocycles. The Balaban J connectivity index is 0. The van der Waals surface area contributed by atoms with Crippen LogP contribution in [0.2, 0.25) is 5.15 Å². The Bertz CT molecular complexity index is 1160. The summed E-state index contributed by atoms with van der Waals surface area (Å²) in [5.74, 6) is -1.24. The normalized spacial score (nSPS) is 13.2. The number of aliphatic hydroxyl groups excluding tert-OH is 6. The number of aromatic nitrogens is 2. The number of nitrogens with one attached hydrogen (secondary N) is 4. The molecule has 2 aromatic rings. The minimum atomic E-state index is -1.35. The lowest BCUT2D eigenvalue weighted by atomic mass is 10.1. The second-order valence-corrected chi connectivity index (χ2v) is 10.2. The molecule has 0 saturated carbocycles. The monoisotopic (exact) mass is 735 g/mol. The summed E-state index contributed by atoms with van der Waals surface area (Å²) in [5.41, 5.74) is 12.9. The van der Waals surface area contributed by atoms with Crippen LogP contribution < -0.4 is 27.4 Å². The zero-order chi connectivity index (χ0) is 31.9. The summed E-state index contributed by atoms with van der Waals surface area (Å²) < 4.78 is 0. The fourth-order valence-electron chi connectivity index (χ4n) is 3.91. The Hall–Kier alpha value is -2.48. The lowest BCUT2D eigenvalue weighted by Gasteiger charge is -2.30. The summed E-state index contributed by atoms with van der Waals surface area (Å²) >= 11 is 5.78. The number of aryl methyl sites for hydroxylation is 1. The Kier molecular flexibility index (Phi) is 23.6. The van der Waals surface area contributed by atoms with Gasteiger partial charge in [0.2, 0.25) is 0 Å². The Morgan fingerprint density at radius 2 is 1.43 bits per heavy atom. The molecule has 1 heterocycles. The molecule has 0 radical (unpaired) electrons. The number of rotatable bonds is 18. The second kappa shape index (κ2) is 23.8. The van der Waals surface area contributed by atoms with Crippen molar-refractivity contribution in [1.29, 1.82) is 5.41 Å². The Morgan fingerprint density at radius 1 is 0.870 bits per heavy atom. The van der Waals surface area contributed by atoms with Crippen molar-refractivity contribution in [3.05, 3.63) is 40.7 Å². The second-order valence-electron chi connectivity index (χ2n) is 9.86. The lowest BCUT2D eigenvalue weighted by Crippen LogP contribution is -2.47. The molecule has 14 N–H and O–H groups in total. The van der Waals surface area contributed by atoms with Gasteiger partial charge in [0, 0.05) is 38.4 Å². The number of benzene rings is 1. The maximum Gasteiger partial charge on any atom is 0.280 e. The SMILES string of the molecule is Cl.Cl.Cl.N=C(NCCCCc1ccc(NCCN(C[C@H](O)[C@H](O)CO)C[C@H](O)[C@H](O)CO)cc1)NC(=O)c1nc(Cl)c(N)nc1N. The van der Waals surface area contributed by atoms with Gasteiger partial charge < -0.3 is 52.7 Å². The van der Waals surface area contributed by atoms with Gasteiger partial charge in [0.05, 0.1) is 25.4 Å². The van der Waals surface area contributed by atoms with E-state index in [0.717, 1.165) is 30.5 Å². The molecule has 0 bridgehead atoms. The van der Waals surface area contributed by atoms with Gasteiger partial charge in [-0.3, -0.25) is 20.4 Å². The standard InChI is InChI=1S/C26H42ClN9O7.3ClH/c27-22-24(29)34-23(28)21(33-22)25(43)35-26(30)32-8-2-1-3-15-4-6-16(7-5-15)31-9-10-36(11-17(39)19(41)13-37)12-18(40)20(42)14-38;;;/h4-7,17-20,31,37-42H,1-3,8-14H2,(H4,28,29,34)(H3,30,32,35,43);3*1H/t17-,18-,19+,20+;;;/m0.../s1. The van der Waals surface area contributed by atoms with Crippen LogP contribution in [0.25, 0.3) is 0 Å². The van der Waals surface area contributed by atoms with Crippen LogP contribution in [0.15, 0.2) is 24.3 Å². The first-order chi connectivity index (χ1) is 20.4. The lowest BCUT2D eigenvalue weighted by molar-refractivity contribution is -0.0529. The molecule has 46 heavy (non-hydrogen) atoms. The van der Waals surface area contributed by atoms with Crippen molar-refractivity contribution in [2.45, 2.75) is 43.7 Å². The molecule has 1 amide bonds. The van der Waals surface area contributed by atoms with E-state index in [1.165, 1.54) is 0 Å². The molecule has 4 atom stereocenters. The first-order valence-electron chi connectivity index (χ1n) is 13.7. The van der Waals surface area contributed by atoms with Crippen LogP contribution in [0, 0.1) is 5.41 Å². The third kappa shape index (κ3) is 15.9. The number of carbonyl (C=O) groups excluding carboxylic acids is 1. The highest BCUT2D eigenvalue weighted by Crippen LogP contribution is 2.17. The molecule has 0 aliphatic heterocycles. The highest BCUT2D eigenvalue weighted by Gasteiger charge is 2.23. The largest absolute Gasteiger partial charge is 0.394 e. The Morgan fingerprint density at radius 3 is 1.98 bits per heavy atom. The third-order valence-electron chi connectivity index (χ3n) is 6.42. The topological polar surface area (TPSA) is 279 Å². The molecule has 0 unspecified atom stereocenters. The summed E-state index contributed by atoms with van der Waals surface area (Å²) in [5, 5.41) is 73.7. The minimum Gasteiger partial charge on any atom is -0.394 e. The van der Waals surface area contributed by atoms with Crippen molar-refractivity contribution in [2.24, 2.45) is 0 Å². The Labute approximate surface area is 290 Å². The van der Waals surface area contributed by atoms with Gasteiger partial charge in [0.25, 0.3) is 5.91 Å². The zero-order valence-electron chi connectivity index (χ0n) is 24.9. The zero-order valence-corrected chi connectivity index (χ0v) is 28.1. The number of guanidine groups is 1. The number of nitrogens with zero attached hydrogens (tertiary/aromatic N) is 3. The molecule has 0 fully saturated rings. The maximum absolute atomic E-state index is 12.3. The average molecular weight is 738 g/mol. The number of anilines is 3. The first kappa shape index (κ1) is 45.6. The predicted molar refractivity (Wildman–Crippen MR) is 183 cm³/mol. The molecular weight excluding hydrogens is 692 g/mol. The van der Waals surface area contributed by atoms with Gasteiger partial charge >= 0.3 is 0 Å². The van der Waals surface area contributed by atoms with Crippen LogP contribution in [-0.2, 0) is 6.42 Å². The van der Waals surface area contributed by atoms with Crippen LogP contribution in [-0.4, -0.2) is 128 Å². The number of carbonyl (C=O) groups is 1. The molecule has 0 spiro atoms. The molecular formula is C26H45Cl4N9O7. The molecule has 1 aromatic heterocycles. The quantitative estimate of drug-likeness (QED) is 0.0496. The van der Waals surface area contributed by atoms with Crippen LogP contribution in [0.3, 0.4) is 0 Å². The van der Waals surface area contributed by atoms with Gasteiger partial charge in [-0.2, -0.15) is 0 Å². The highest BCUT2D eigenvalue weighted by molar-refractivity contribution is 6.31. The number of hydrogen-bond acceptors (Lipinski definition) is 14. The summed E-state index contributed by atoms with van der Waals surface area (Å²) in [6.07, 6.45) is -2.86. The van der Waals surface area contributed by atoms with Crippen molar-refractivity contribution < 1.29 is 35.4 Å². The molecule has 20 heteroatoms. The fraction of sp³-hybridized carbons (Fsp3) is 0.538. The van der Waals surface area contributed by atoms with Gasteiger partial charge in [-0.15, -0.1) is 37.2 Å². The number of amides is 1. The van der Waals surface area contributed by atoms with E-state index in [4.69, 9.17) is 38.7 Å². The molecule has 2 rings (SSSR count). The van der Waals surface area contributed by atoms with Gasteiger partial charge in [0.1, 0.15) is 12.2 Å². The molecule has 0 aliphatic rings. The predicted octanol–water partition coefficient (Wildman–Crippen LogP) is -1.02. The van der Waals surface area contributed by atoms with Crippen molar-refractivity contribution in [3.63, 3.8) is 0 Å². The molecule has 264 valence electrons. The average Bonchev–Trinajstić information content (AvgIpc) is 2.98. The van der Waals surface area contributed by atoms with E-state index < -0.39 is 43.5 Å². The van der Waals surface area contributed by atoms with Crippen molar-refractivity contribution >= 4 is 78.0 Å². The molecule has 1 aromatic carbocycles. The maximum atomic E-state index is 12.3. The van der Waals surface area contributed by atoms with E-state index in [1.807, 2.05) is 24.3 Å². The van der Waals surface area contributed by atoms with E-state index in [-0.39, 0.29) is 78.8 Å². The fourth-order valence-corrected chi connectivity index (χ4v) is 4.04. The van der Waals surface area contributed by atoms with Gasteiger partial charge in [-0.1, -0.05) is 23.7 Å². The van der Waals surface area contributed by atoms with Gasteiger partial charge in [-0.05, 0) is 37.0 Å². The number of hydrogen-bond donors (Lipinski definition) is 12. The minimum absolute atomic E-state index is 0. The van der Waals surface area contributed by atoms with Crippen molar-refractivity contribution in [1.82, 2.24) is 25.5 Å². The van der Waals surface area contributed by atoms with E-state index in [9.17, 15) is 25.2 Å². The third-order valence-corrected chi connectivity index (χ3v) is 6.69. The van der Waals surface area contributed by atoms with Gasteiger partial charge in [-0.25, -0.2) is 9.97 Å². The number of nitrogen functional groups attached to an aromatic ring is 2. The van der Waals surface area contributed by atoms with Gasteiger partial charge in [0.15, 0.2) is 28.4 Å². The smallest absolute Gasteiger partial charge is 0.280 e. The van der Waals surface area contributed by atoms with E-state index in [0.29, 0.717) is 19.6 Å². The van der Waals surface area contributed by atoms with Crippen LogP contribution >= 0.6 is 48.8 Å². The summed E-state index contributed by atoms with van der Waals surface area (Å²) in [6, 6.07) is 7.77. The van der Waals surface area contributed by atoms with Crippen molar-refractivity contribution in [3.8, 4) is 0 Å². The molecule has 0 aliphatic carbocycles.